The Bertz CT molecular complexity index is 1950. The number of halogens is 3. The number of aromatic nitrogens is 1. The molecule has 8 nitrogen and oxygen atoms in total. The molecular formula is C32H27Cl2IN2O6S. The molecule has 1 aliphatic heterocycles. The Morgan fingerprint density at radius 2 is 1.84 bits per heavy atom. The Morgan fingerprint density at radius 1 is 1.09 bits per heavy atom. The van der Waals surface area contributed by atoms with Gasteiger partial charge in [0.25, 0.3) is 5.56 Å². The van der Waals surface area contributed by atoms with Crippen LogP contribution >= 0.6 is 57.1 Å². The van der Waals surface area contributed by atoms with Gasteiger partial charge in [-0.15, -0.1) is 0 Å². The van der Waals surface area contributed by atoms with Gasteiger partial charge in [0.1, 0.15) is 12.4 Å². The number of carbonyl (C=O) groups is 1. The third kappa shape index (κ3) is 6.53. The third-order valence-corrected chi connectivity index (χ3v) is 9.26. The van der Waals surface area contributed by atoms with Gasteiger partial charge in [0.15, 0.2) is 16.3 Å². The third-order valence-electron chi connectivity index (χ3n) is 6.89. The zero-order valence-corrected chi connectivity index (χ0v) is 28.6. The molecule has 12 heteroatoms. The van der Waals surface area contributed by atoms with Gasteiger partial charge in [-0.05, 0) is 90.0 Å². The van der Waals surface area contributed by atoms with Gasteiger partial charge in [0, 0.05) is 15.6 Å². The summed E-state index contributed by atoms with van der Waals surface area (Å²) < 4.78 is 25.2. The summed E-state index contributed by atoms with van der Waals surface area (Å²) in [6.07, 6.45) is 1.78. The van der Waals surface area contributed by atoms with Crippen LogP contribution in [0.5, 0.6) is 17.2 Å². The van der Waals surface area contributed by atoms with Crippen molar-refractivity contribution in [3.8, 4) is 17.2 Å². The maximum Gasteiger partial charge on any atom is 0.338 e. The van der Waals surface area contributed by atoms with Crippen molar-refractivity contribution in [2.75, 3.05) is 20.8 Å². The predicted octanol–water partition coefficient (Wildman–Crippen LogP) is 6.31. The highest BCUT2D eigenvalue weighted by molar-refractivity contribution is 14.1. The topological polar surface area (TPSA) is 88.4 Å². The van der Waals surface area contributed by atoms with Crippen LogP contribution in [0.15, 0.2) is 75.7 Å². The summed E-state index contributed by atoms with van der Waals surface area (Å²) >= 11 is 15.8. The van der Waals surface area contributed by atoms with Crippen molar-refractivity contribution in [3.63, 3.8) is 0 Å². The van der Waals surface area contributed by atoms with Crippen LogP contribution in [0.25, 0.3) is 6.08 Å². The summed E-state index contributed by atoms with van der Waals surface area (Å²) in [7, 11) is 3.13. The van der Waals surface area contributed by atoms with E-state index in [0.29, 0.717) is 47.9 Å². The van der Waals surface area contributed by atoms with Crippen LogP contribution in [-0.2, 0) is 16.1 Å². The maximum absolute atomic E-state index is 14.0. The molecule has 0 unspecified atom stereocenters. The molecule has 0 spiro atoms. The number of fused-ring (bicyclic) bond motifs is 1. The van der Waals surface area contributed by atoms with E-state index in [4.69, 9.17) is 42.1 Å². The van der Waals surface area contributed by atoms with Crippen LogP contribution in [0.2, 0.25) is 10.0 Å². The fraction of sp³-hybridized carbons (Fsp3) is 0.219. The Balaban J connectivity index is 1.56. The first kappa shape index (κ1) is 32.1. The normalized spacial score (nSPS) is 14.6. The smallest absolute Gasteiger partial charge is 0.338 e. The number of hydrogen-bond acceptors (Lipinski definition) is 8. The van der Waals surface area contributed by atoms with E-state index >= 15 is 0 Å². The highest BCUT2D eigenvalue weighted by Crippen LogP contribution is 2.36. The van der Waals surface area contributed by atoms with Gasteiger partial charge in [-0.3, -0.25) is 9.36 Å². The lowest BCUT2D eigenvalue weighted by Crippen LogP contribution is -2.39. The summed E-state index contributed by atoms with van der Waals surface area (Å²) in [6, 6.07) is 15.5. The molecule has 1 atom stereocenters. The number of ether oxygens (including phenoxy) is 4. The molecule has 0 radical (unpaired) electrons. The van der Waals surface area contributed by atoms with Gasteiger partial charge in [-0.1, -0.05) is 52.7 Å². The van der Waals surface area contributed by atoms with Crippen molar-refractivity contribution in [1.82, 2.24) is 4.57 Å². The monoisotopic (exact) mass is 764 g/mol. The minimum atomic E-state index is -0.719. The number of nitrogens with zero attached hydrogens (tertiary/aromatic N) is 2. The Hall–Kier alpha value is -3.32. The summed E-state index contributed by atoms with van der Waals surface area (Å²) in [5.41, 5.74) is 2.77. The fourth-order valence-electron chi connectivity index (χ4n) is 4.80. The highest BCUT2D eigenvalue weighted by Gasteiger charge is 2.33. The summed E-state index contributed by atoms with van der Waals surface area (Å²) in [6.45, 7) is 3.91. The molecule has 228 valence electrons. The van der Waals surface area contributed by atoms with E-state index in [1.807, 2.05) is 24.3 Å². The second kappa shape index (κ2) is 13.8. The molecule has 3 aromatic carbocycles. The van der Waals surface area contributed by atoms with Crippen molar-refractivity contribution >= 4 is 69.2 Å². The molecule has 5 rings (SSSR count). The summed E-state index contributed by atoms with van der Waals surface area (Å²) in [5, 5.41) is 1.05. The van der Waals surface area contributed by atoms with E-state index in [2.05, 4.69) is 27.6 Å². The van der Waals surface area contributed by atoms with Crippen molar-refractivity contribution < 1.29 is 23.7 Å². The SMILES string of the molecule is CCOC(=O)C1=C(C)N=c2s/c(=C/c3cc(I)c(OCc4ccc(Cl)cc4Cl)c(OC)c3)c(=O)n2[C@H]1c1ccc(OC)cc1. The first-order valence-electron chi connectivity index (χ1n) is 13.4. The second-order valence-electron chi connectivity index (χ2n) is 9.63. The molecule has 4 aromatic rings. The zero-order valence-electron chi connectivity index (χ0n) is 24.2. The molecule has 2 heterocycles. The quantitative estimate of drug-likeness (QED) is 0.147. The van der Waals surface area contributed by atoms with Crippen molar-refractivity contribution in [2.45, 2.75) is 26.5 Å². The standard InChI is InChI=1S/C32H27Cl2IN2O6S/c1-5-42-31(39)27-17(2)36-32-37(28(27)19-7-10-22(40-3)11-8-19)30(38)26(44-32)14-18-12-24(35)29(25(13-18)41-4)43-16-20-6-9-21(33)15-23(20)34/h6-15,28H,5,16H2,1-4H3/b26-14+/t28-/m0/s1. The Kier molecular flexibility index (Phi) is 10.0. The van der Waals surface area contributed by atoms with Crippen LogP contribution in [-0.4, -0.2) is 31.4 Å². The lowest BCUT2D eigenvalue weighted by Gasteiger charge is -2.24. The van der Waals surface area contributed by atoms with Gasteiger partial charge in [0.05, 0.1) is 46.2 Å². The van der Waals surface area contributed by atoms with E-state index in [0.717, 1.165) is 20.3 Å². The highest BCUT2D eigenvalue weighted by atomic mass is 127. The lowest BCUT2D eigenvalue weighted by atomic mass is 9.96. The first-order chi connectivity index (χ1) is 21.1. The molecule has 1 aliphatic rings. The molecule has 0 aliphatic carbocycles. The number of rotatable bonds is 9. The molecule has 1 aromatic heterocycles. The van der Waals surface area contributed by atoms with Gasteiger partial charge >= 0.3 is 5.97 Å². The first-order valence-corrected chi connectivity index (χ1v) is 16.1. The fourth-order valence-corrected chi connectivity index (χ4v) is 7.09. The Morgan fingerprint density at radius 3 is 2.50 bits per heavy atom. The lowest BCUT2D eigenvalue weighted by molar-refractivity contribution is -0.139. The van der Waals surface area contributed by atoms with Crippen molar-refractivity contribution in [3.05, 3.63) is 116 Å². The molecule has 44 heavy (non-hydrogen) atoms. The molecule has 0 saturated carbocycles. The average molecular weight is 765 g/mol. The second-order valence-corrected chi connectivity index (χ2v) is 12.6. The van der Waals surface area contributed by atoms with Crippen LogP contribution in [0.1, 0.15) is 36.6 Å². The molecule has 0 bridgehead atoms. The molecule has 0 saturated heterocycles. The van der Waals surface area contributed by atoms with Crippen LogP contribution in [0.4, 0.5) is 0 Å². The van der Waals surface area contributed by atoms with E-state index in [1.54, 1.807) is 69.0 Å². The minimum Gasteiger partial charge on any atom is -0.497 e. The van der Waals surface area contributed by atoms with E-state index in [-0.39, 0.29) is 18.8 Å². The van der Waals surface area contributed by atoms with Crippen LogP contribution in [0, 0.1) is 3.57 Å². The number of carbonyl (C=O) groups excluding carboxylic acids is 1. The van der Waals surface area contributed by atoms with E-state index < -0.39 is 12.0 Å². The maximum atomic E-state index is 14.0. The van der Waals surface area contributed by atoms with Gasteiger partial charge < -0.3 is 18.9 Å². The number of thiazole rings is 1. The van der Waals surface area contributed by atoms with Crippen LogP contribution in [0.3, 0.4) is 0 Å². The van der Waals surface area contributed by atoms with Gasteiger partial charge in [-0.25, -0.2) is 9.79 Å². The van der Waals surface area contributed by atoms with Crippen molar-refractivity contribution in [2.24, 2.45) is 4.99 Å². The van der Waals surface area contributed by atoms with E-state index in [1.165, 1.54) is 11.3 Å². The minimum absolute atomic E-state index is 0.197. The number of methoxy groups -OCH3 is 2. The number of allylic oxidation sites excluding steroid dienone is 1. The van der Waals surface area contributed by atoms with Gasteiger partial charge in [-0.2, -0.15) is 0 Å². The average Bonchev–Trinajstić information content (AvgIpc) is 3.30. The Labute approximate surface area is 281 Å². The molecule has 0 fully saturated rings. The number of benzene rings is 3. The van der Waals surface area contributed by atoms with E-state index in [9.17, 15) is 9.59 Å². The number of hydrogen-bond donors (Lipinski definition) is 0. The molecule has 0 N–H and O–H groups in total. The van der Waals surface area contributed by atoms with Crippen LogP contribution < -0.4 is 29.1 Å². The largest absolute Gasteiger partial charge is 0.497 e. The molecular weight excluding hydrogens is 738 g/mol. The van der Waals surface area contributed by atoms with Crippen molar-refractivity contribution in [1.29, 1.82) is 0 Å². The molecule has 0 amide bonds. The zero-order chi connectivity index (χ0) is 31.5. The summed E-state index contributed by atoms with van der Waals surface area (Å²) in [5.74, 6) is 1.19. The number of esters is 1. The summed E-state index contributed by atoms with van der Waals surface area (Å²) in [4.78, 5) is 32.2. The van der Waals surface area contributed by atoms with Gasteiger partial charge in [0.2, 0.25) is 0 Å². The predicted molar refractivity (Wildman–Crippen MR) is 180 cm³/mol.